The number of carbonyl (C=O) groups excluding carboxylic acids is 2. The van der Waals surface area contributed by atoms with Gasteiger partial charge in [-0.2, -0.15) is 0 Å². The van der Waals surface area contributed by atoms with E-state index in [4.69, 9.17) is 4.74 Å². The van der Waals surface area contributed by atoms with Crippen molar-refractivity contribution in [2.45, 2.75) is 23.8 Å². The van der Waals surface area contributed by atoms with E-state index >= 15 is 0 Å². The molecular formula is C24H30N4O3S. The van der Waals surface area contributed by atoms with E-state index in [-0.39, 0.29) is 17.9 Å². The van der Waals surface area contributed by atoms with Gasteiger partial charge in [-0.3, -0.25) is 9.59 Å². The number of piperidine rings is 1. The van der Waals surface area contributed by atoms with Gasteiger partial charge >= 0.3 is 0 Å². The average Bonchev–Trinajstić information content (AvgIpc) is 2.85. The minimum atomic E-state index is -0.276. The van der Waals surface area contributed by atoms with Crippen molar-refractivity contribution in [3.8, 4) is 5.75 Å². The molecule has 4 rings (SSSR count). The first kappa shape index (κ1) is 22.6. The van der Waals surface area contributed by atoms with Gasteiger partial charge in [0.2, 0.25) is 0 Å². The number of ether oxygens (including phenoxy) is 1. The van der Waals surface area contributed by atoms with Gasteiger partial charge in [-0.25, -0.2) is 0 Å². The largest absolute Gasteiger partial charge is 0.489 e. The first-order chi connectivity index (χ1) is 15.7. The number of nitrogens with zero attached hydrogens (tertiary/aromatic N) is 1. The molecule has 2 aliphatic heterocycles. The van der Waals surface area contributed by atoms with E-state index in [0.29, 0.717) is 35.7 Å². The Labute approximate surface area is 193 Å². The van der Waals surface area contributed by atoms with Crippen LogP contribution in [0.5, 0.6) is 5.75 Å². The van der Waals surface area contributed by atoms with E-state index < -0.39 is 0 Å². The summed E-state index contributed by atoms with van der Waals surface area (Å²) in [5, 5.41) is 9.55. The van der Waals surface area contributed by atoms with E-state index in [1.165, 1.54) is 0 Å². The second kappa shape index (κ2) is 10.8. The van der Waals surface area contributed by atoms with Gasteiger partial charge in [0, 0.05) is 31.1 Å². The Bertz CT molecular complexity index is 956. The topological polar surface area (TPSA) is 82.7 Å². The molecule has 8 heteroatoms. The highest BCUT2D eigenvalue weighted by atomic mass is 32.2. The number of hydrogen-bond donors (Lipinski definition) is 3. The summed E-state index contributed by atoms with van der Waals surface area (Å²) in [4.78, 5) is 29.2. The van der Waals surface area contributed by atoms with Gasteiger partial charge in [0.05, 0.1) is 16.8 Å². The van der Waals surface area contributed by atoms with Crippen molar-refractivity contribution in [2.75, 3.05) is 50.8 Å². The molecule has 2 fully saturated rings. The second-order valence-corrected chi connectivity index (χ2v) is 8.85. The molecule has 0 aromatic heterocycles. The van der Waals surface area contributed by atoms with Crippen molar-refractivity contribution in [3.63, 3.8) is 0 Å². The van der Waals surface area contributed by atoms with Gasteiger partial charge in [0.15, 0.2) is 0 Å². The molecule has 3 N–H and O–H groups in total. The molecule has 0 spiro atoms. The van der Waals surface area contributed by atoms with Gasteiger partial charge in [0.1, 0.15) is 11.9 Å². The molecule has 32 heavy (non-hydrogen) atoms. The fourth-order valence-electron chi connectivity index (χ4n) is 4.01. The number of piperazine rings is 1. The first-order valence-corrected chi connectivity index (χ1v) is 12.3. The zero-order valence-electron chi connectivity index (χ0n) is 18.4. The Morgan fingerprint density at radius 1 is 1.00 bits per heavy atom. The van der Waals surface area contributed by atoms with E-state index in [9.17, 15) is 9.59 Å². The van der Waals surface area contributed by atoms with E-state index in [1.807, 2.05) is 35.4 Å². The lowest BCUT2D eigenvalue weighted by Gasteiger charge is -2.28. The molecule has 2 heterocycles. The fourth-order valence-corrected chi connectivity index (χ4v) is 4.44. The Hall–Kier alpha value is -2.55. The van der Waals surface area contributed by atoms with E-state index in [0.717, 1.165) is 43.9 Å². The van der Waals surface area contributed by atoms with Crippen molar-refractivity contribution in [1.29, 1.82) is 0 Å². The van der Waals surface area contributed by atoms with Gasteiger partial charge in [-0.1, -0.05) is 12.1 Å². The molecule has 0 unspecified atom stereocenters. The molecule has 7 nitrogen and oxygen atoms in total. The maximum Gasteiger partial charge on any atom is 0.259 e. The molecule has 2 aromatic rings. The van der Waals surface area contributed by atoms with Crippen LogP contribution < -0.4 is 20.7 Å². The SMILES string of the molecule is CSc1ccc(C(=O)Nc2ccccc2C(=O)N2CCNCC2)c(OC2CCNCC2)c1. The number of para-hydroxylation sites is 1. The fraction of sp³-hybridized carbons (Fsp3) is 0.417. The molecule has 2 saturated heterocycles. The normalized spacial score (nSPS) is 17.1. The van der Waals surface area contributed by atoms with Crippen LogP contribution in [-0.4, -0.2) is 68.3 Å². The van der Waals surface area contributed by atoms with Crippen molar-refractivity contribution >= 4 is 29.3 Å². The number of amides is 2. The third-order valence-corrected chi connectivity index (χ3v) is 6.55. The lowest BCUT2D eigenvalue weighted by atomic mass is 10.1. The van der Waals surface area contributed by atoms with Crippen LogP contribution in [0.4, 0.5) is 5.69 Å². The lowest BCUT2D eigenvalue weighted by Crippen LogP contribution is -2.46. The standard InChI is InChI=1S/C24H30N4O3S/c1-32-18-6-7-20(22(16-18)31-17-8-10-25-11-9-17)23(29)27-21-5-3-2-4-19(21)24(30)28-14-12-26-13-15-28/h2-7,16-17,25-26H,8-15H2,1H3,(H,27,29). The highest BCUT2D eigenvalue weighted by Crippen LogP contribution is 2.29. The Morgan fingerprint density at radius 2 is 1.72 bits per heavy atom. The summed E-state index contributed by atoms with van der Waals surface area (Å²) < 4.78 is 6.26. The zero-order chi connectivity index (χ0) is 22.3. The molecule has 0 aliphatic carbocycles. The Kier molecular flexibility index (Phi) is 7.68. The van der Waals surface area contributed by atoms with Crippen LogP contribution >= 0.6 is 11.8 Å². The van der Waals surface area contributed by atoms with Gasteiger partial charge in [0.25, 0.3) is 11.8 Å². The average molecular weight is 455 g/mol. The predicted octanol–water partition coefficient (Wildman–Crippen LogP) is 2.84. The van der Waals surface area contributed by atoms with Crippen LogP contribution in [0.15, 0.2) is 47.4 Å². The van der Waals surface area contributed by atoms with Crippen LogP contribution in [-0.2, 0) is 0 Å². The third-order valence-electron chi connectivity index (χ3n) is 5.82. The molecule has 0 saturated carbocycles. The highest BCUT2D eigenvalue weighted by molar-refractivity contribution is 7.98. The van der Waals surface area contributed by atoms with Crippen molar-refractivity contribution < 1.29 is 14.3 Å². The smallest absolute Gasteiger partial charge is 0.259 e. The molecule has 2 amide bonds. The van der Waals surface area contributed by atoms with E-state index in [1.54, 1.807) is 30.0 Å². The van der Waals surface area contributed by atoms with Gasteiger partial charge < -0.3 is 25.6 Å². The summed E-state index contributed by atoms with van der Waals surface area (Å²) >= 11 is 1.61. The number of carbonyl (C=O) groups is 2. The Balaban J connectivity index is 1.55. The van der Waals surface area contributed by atoms with Crippen LogP contribution in [0, 0.1) is 0 Å². The summed E-state index contributed by atoms with van der Waals surface area (Å²) in [6.07, 6.45) is 3.90. The number of nitrogens with one attached hydrogen (secondary N) is 3. The van der Waals surface area contributed by atoms with Crippen LogP contribution in [0.3, 0.4) is 0 Å². The quantitative estimate of drug-likeness (QED) is 0.583. The van der Waals surface area contributed by atoms with Gasteiger partial charge in [-0.15, -0.1) is 11.8 Å². The maximum absolute atomic E-state index is 13.3. The summed E-state index contributed by atoms with van der Waals surface area (Å²) in [6.45, 7) is 4.70. The molecule has 170 valence electrons. The summed E-state index contributed by atoms with van der Waals surface area (Å²) in [5.41, 5.74) is 1.50. The summed E-state index contributed by atoms with van der Waals surface area (Å²) in [5.74, 6) is 0.251. The second-order valence-electron chi connectivity index (χ2n) is 7.97. The molecule has 0 radical (unpaired) electrons. The minimum Gasteiger partial charge on any atom is -0.489 e. The van der Waals surface area contributed by atoms with Crippen molar-refractivity contribution in [3.05, 3.63) is 53.6 Å². The number of benzene rings is 2. The van der Waals surface area contributed by atoms with Crippen LogP contribution in [0.25, 0.3) is 0 Å². The van der Waals surface area contributed by atoms with Crippen molar-refractivity contribution in [2.24, 2.45) is 0 Å². The predicted molar refractivity (Wildman–Crippen MR) is 128 cm³/mol. The molecule has 2 aromatic carbocycles. The summed E-state index contributed by atoms with van der Waals surface area (Å²) in [7, 11) is 0. The van der Waals surface area contributed by atoms with Gasteiger partial charge in [-0.05, 0) is 62.5 Å². The molecule has 0 atom stereocenters. The van der Waals surface area contributed by atoms with Crippen LogP contribution in [0.1, 0.15) is 33.6 Å². The first-order valence-electron chi connectivity index (χ1n) is 11.1. The monoisotopic (exact) mass is 454 g/mol. The number of thioether (sulfide) groups is 1. The highest BCUT2D eigenvalue weighted by Gasteiger charge is 2.23. The molecular weight excluding hydrogens is 424 g/mol. The van der Waals surface area contributed by atoms with Crippen molar-refractivity contribution in [1.82, 2.24) is 15.5 Å². The van der Waals surface area contributed by atoms with Crippen LogP contribution in [0.2, 0.25) is 0 Å². The molecule has 2 aliphatic rings. The maximum atomic E-state index is 13.3. The third kappa shape index (κ3) is 5.43. The zero-order valence-corrected chi connectivity index (χ0v) is 19.2. The molecule has 0 bridgehead atoms. The number of anilines is 1. The summed E-state index contributed by atoms with van der Waals surface area (Å²) in [6, 6.07) is 12.8. The van der Waals surface area contributed by atoms with E-state index in [2.05, 4.69) is 16.0 Å². The number of rotatable bonds is 6. The minimum absolute atomic E-state index is 0.0636. The number of hydrogen-bond acceptors (Lipinski definition) is 6. The lowest BCUT2D eigenvalue weighted by molar-refractivity contribution is 0.0737. The Morgan fingerprint density at radius 3 is 2.47 bits per heavy atom.